The van der Waals surface area contributed by atoms with Crippen molar-refractivity contribution in [1.29, 1.82) is 0 Å². The molecular formula is C21H22N6O. The maximum Gasteiger partial charge on any atom is 0.255 e. The summed E-state index contributed by atoms with van der Waals surface area (Å²) in [7, 11) is 1.85. The van der Waals surface area contributed by atoms with E-state index in [0.29, 0.717) is 17.9 Å². The highest BCUT2D eigenvalue weighted by atomic mass is 16.2. The number of carbonyl (C=O) groups is 1. The van der Waals surface area contributed by atoms with Gasteiger partial charge in [0.15, 0.2) is 5.82 Å². The third kappa shape index (κ3) is 3.83. The molecule has 0 aliphatic carbocycles. The van der Waals surface area contributed by atoms with Gasteiger partial charge in [-0.15, -0.1) is 0 Å². The number of aromatic nitrogens is 4. The highest BCUT2D eigenvalue weighted by Gasteiger charge is 2.27. The molecule has 1 N–H and O–H groups in total. The molecule has 28 heavy (non-hydrogen) atoms. The molecule has 0 saturated carbocycles. The minimum absolute atomic E-state index is 0.0232. The molecule has 0 spiro atoms. The predicted molar refractivity (Wildman–Crippen MR) is 107 cm³/mol. The van der Waals surface area contributed by atoms with Crippen molar-refractivity contribution in [3.63, 3.8) is 0 Å². The molecule has 1 atom stereocenters. The van der Waals surface area contributed by atoms with Gasteiger partial charge in [-0.2, -0.15) is 0 Å². The monoisotopic (exact) mass is 374 g/mol. The molecule has 7 heteroatoms. The highest BCUT2D eigenvalue weighted by molar-refractivity contribution is 5.94. The first kappa shape index (κ1) is 18.0. The van der Waals surface area contributed by atoms with Gasteiger partial charge in [0, 0.05) is 62.5 Å². The third-order valence-electron chi connectivity index (χ3n) is 4.98. The van der Waals surface area contributed by atoms with E-state index in [-0.39, 0.29) is 11.8 Å². The van der Waals surface area contributed by atoms with Crippen LogP contribution >= 0.6 is 0 Å². The number of carbonyl (C=O) groups excluding carboxylic acids is 1. The first-order chi connectivity index (χ1) is 13.7. The number of amides is 1. The lowest BCUT2D eigenvalue weighted by atomic mass is 9.93. The molecule has 142 valence electrons. The molecule has 0 radical (unpaired) electrons. The summed E-state index contributed by atoms with van der Waals surface area (Å²) in [5.74, 6) is 1.63. The Balaban J connectivity index is 1.60. The van der Waals surface area contributed by atoms with Crippen LogP contribution in [0.15, 0.2) is 55.1 Å². The zero-order chi connectivity index (χ0) is 19.3. The third-order valence-corrected chi connectivity index (χ3v) is 4.98. The number of nitrogens with zero attached hydrogens (tertiary/aromatic N) is 5. The fourth-order valence-electron chi connectivity index (χ4n) is 3.51. The molecular weight excluding hydrogens is 352 g/mol. The van der Waals surface area contributed by atoms with Crippen molar-refractivity contribution in [2.24, 2.45) is 0 Å². The molecule has 0 aromatic carbocycles. The highest BCUT2D eigenvalue weighted by Crippen LogP contribution is 2.29. The van der Waals surface area contributed by atoms with Crippen LogP contribution in [0.25, 0.3) is 11.4 Å². The quantitative estimate of drug-likeness (QED) is 0.756. The fourth-order valence-corrected chi connectivity index (χ4v) is 3.51. The summed E-state index contributed by atoms with van der Waals surface area (Å²) in [5.41, 5.74) is 2.50. The van der Waals surface area contributed by atoms with Gasteiger partial charge < -0.3 is 10.2 Å². The fraction of sp³-hybridized carbons (Fsp3) is 0.286. The predicted octanol–water partition coefficient (Wildman–Crippen LogP) is 3.00. The van der Waals surface area contributed by atoms with Gasteiger partial charge in [-0.1, -0.05) is 0 Å². The van der Waals surface area contributed by atoms with E-state index in [1.807, 2.05) is 36.2 Å². The number of piperidine rings is 1. The number of nitrogens with one attached hydrogen (secondary N) is 1. The summed E-state index contributed by atoms with van der Waals surface area (Å²) in [6.45, 7) is 1.40. The Morgan fingerprint density at radius 3 is 2.75 bits per heavy atom. The van der Waals surface area contributed by atoms with Crippen LogP contribution in [0.2, 0.25) is 0 Å². The van der Waals surface area contributed by atoms with Crippen LogP contribution in [0.3, 0.4) is 0 Å². The SMILES string of the molecule is CNc1cc(C2CCCN(C(=O)c3cccnc3)C2)nc(-c2ccncc2)n1. The van der Waals surface area contributed by atoms with E-state index >= 15 is 0 Å². The van der Waals surface area contributed by atoms with Crippen molar-refractivity contribution in [3.8, 4) is 11.4 Å². The second-order valence-electron chi connectivity index (χ2n) is 6.82. The van der Waals surface area contributed by atoms with E-state index < -0.39 is 0 Å². The molecule has 7 nitrogen and oxygen atoms in total. The number of likely N-dealkylation sites (tertiary alicyclic amines) is 1. The molecule has 1 amide bonds. The van der Waals surface area contributed by atoms with Crippen molar-refractivity contribution in [2.45, 2.75) is 18.8 Å². The van der Waals surface area contributed by atoms with Crippen LogP contribution in [-0.2, 0) is 0 Å². The van der Waals surface area contributed by atoms with Crippen molar-refractivity contribution >= 4 is 11.7 Å². The van der Waals surface area contributed by atoms with Crippen molar-refractivity contribution in [3.05, 3.63) is 66.4 Å². The molecule has 1 aliphatic heterocycles. The zero-order valence-corrected chi connectivity index (χ0v) is 15.7. The largest absolute Gasteiger partial charge is 0.373 e. The summed E-state index contributed by atoms with van der Waals surface area (Å²) in [5, 5.41) is 3.12. The van der Waals surface area contributed by atoms with E-state index in [1.165, 1.54) is 0 Å². The molecule has 1 aliphatic rings. The Bertz CT molecular complexity index is 948. The molecule has 0 bridgehead atoms. The normalized spacial score (nSPS) is 16.6. The maximum atomic E-state index is 12.8. The maximum absolute atomic E-state index is 12.8. The minimum atomic E-state index is 0.0232. The van der Waals surface area contributed by atoms with Gasteiger partial charge >= 0.3 is 0 Å². The molecule has 1 fully saturated rings. The van der Waals surface area contributed by atoms with Gasteiger partial charge in [-0.25, -0.2) is 9.97 Å². The van der Waals surface area contributed by atoms with Crippen molar-refractivity contribution in [2.75, 3.05) is 25.5 Å². The topological polar surface area (TPSA) is 83.9 Å². The summed E-state index contributed by atoms with van der Waals surface area (Å²) in [4.78, 5) is 32.2. The number of rotatable bonds is 4. The average molecular weight is 374 g/mol. The standard InChI is InChI=1S/C21H22N6O/c1-22-19-12-18(25-20(26-19)15-6-9-23-10-7-15)17-5-3-11-27(14-17)21(28)16-4-2-8-24-13-16/h2,4,6-10,12-13,17H,3,5,11,14H2,1H3,(H,22,25,26). The second-order valence-corrected chi connectivity index (χ2v) is 6.82. The van der Waals surface area contributed by atoms with E-state index in [4.69, 9.17) is 4.98 Å². The molecule has 3 aromatic heterocycles. The molecule has 4 rings (SSSR count). The van der Waals surface area contributed by atoms with E-state index in [0.717, 1.165) is 36.5 Å². The van der Waals surface area contributed by atoms with Crippen LogP contribution < -0.4 is 5.32 Å². The Labute approximate surface area is 163 Å². The van der Waals surface area contributed by atoms with Crippen LogP contribution in [-0.4, -0.2) is 50.9 Å². The number of hydrogen-bond acceptors (Lipinski definition) is 6. The summed E-state index contributed by atoms with van der Waals surface area (Å²) in [6, 6.07) is 9.38. The van der Waals surface area contributed by atoms with Gasteiger partial charge in [0.25, 0.3) is 5.91 Å². The first-order valence-electron chi connectivity index (χ1n) is 9.41. The Kier molecular flexibility index (Phi) is 5.23. The Hall–Kier alpha value is -3.35. The molecule has 4 heterocycles. The smallest absolute Gasteiger partial charge is 0.255 e. The number of anilines is 1. The van der Waals surface area contributed by atoms with E-state index in [2.05, 4.69) is 20.3 Å². The van der Waals surface area contributed by atoms with Gasteiger partial charge in [0.2, 0.25) is 0 Å². The molecule has 1 unspecified atom stereocenters. The van der Waals surface area contributed by atoms with Crippen molar-refractivity contribution < 1.29 is 4.79 Å². The Morgan fingerprint density at radius 2 is 2.00 bits per heavy atom. The number of hydrogen-bond donors (Lipinski definition) is 1. The second kappa shape index (κ2) is 8.12. The van der Waals surface area contributed by atoms with Gasteiger partial charge in [0.1, 0.15) is 5.82 Å². The molecule has 1 saturated heterocycles. The molecule has 3 aromatic rings. The summed E-state index contributed by atoms with van der Waals surface area (Å²) >= 11 is 0. The van der Waals surface area contributed by atoms with Crippen LogP contribution in [0.4, 0.5) is 5.82 Å². The van der Waals surface area contributed by atoms with Crippen LogP contribution in [0, 0.1) is 0 Å². The van der Waals surface area contributed by atoms with Gasteiger partial charge in [-0.3, -0.25) is 14.8 Å². The van der Waals surface area contributed by atoms with E-state index in [1.54, 1.807) is 30.9 Å². The first-order valence-corrected chi connectivity index (χ1v) is 9.41. The average Bonchev–Trinajstić information content (AvgIpc) is 2.79. The van der Waals surface area contributed by atoms with Gasteiger partial charge in [-0.05, 0) is 37.1 Å². The summed E-state index contributed by atoms with van der Waals surface area (Å²) < 4.78 is 0. The van der Waals surface area contributed by atoms with E-state index in [9.17, 15) is 4.79 Å². The zero-order valence-electron chi connectivity index (χ0n) is 15.7. The lowest BCUT2D eigenvalue weighted by Gasteiger charge is -2.32. The summed E-state index contributed by atoms with van der Waals surface area (Å²) in [6.07, 6.45) is 8.71. The Morgan fingerprint density at radius 1 is 1.14 bits per heavy atom. The van der Waals surface area contributed by atoms with Crippen LogP contribution in [0.1, 0.15) is 34.8 Å². The number of pyridine rings is 2. The minimum Gasteiger partial charge on any atom is -0.373 e. The van der Waals surface area contributed by atoms with Gasteiger partial charge in [0.05, 0.1) is 11.3 Å². The lowest BCUT2D eigenvalue weighted by molar-refractivity contribution is 0.0705. The van der Waals surface area contributed by atoms with Crippen LogP contribution in [0.5, 0.6) is 0 Å². The van der Waals surface area contributed by atoms with Crippen molar-refractivity contribution in [1.82, 2.24) is 24.8 Å². The lowest BCUT2D eigenvalue weighted by Crippen LogP contribution is -2.39.